The van der Waals surface area contributed by atoms with Crippen molar-refractivity contribution in [2.45, 2.75) is 30.7 Å². The van der Waals surface area contributed by atoms with Gasteiger partial charge in [0.05, 0.1) is 19.1 Å². The van der Waals surface area contributed by atoms with E-state index in [1.54, 1.807) is 11.0 Å². The Morgan fingerprint density at radius 1 is 1.00 bits per heavy atom. The molecule has 1 aliphatic heterocycles. The minimum Gasteiger partial charge on any atom is -0.493 e. The van der Waals surface area contributed by atoms with Crippen molar-refractivity contribution in [2.24, 2.45) is 0 Å². The number of urea groups is 1. The fourth-order valence-electron chi connectivity index (χ4n) is 3.66. The summed E-state index contributed by atoms with van der Waals surface area (Å²) in [5.74, 6) is 0.824. The Morgan fingerprint density at radius 2 is 1.66 bits per heavy atom. The van der Waals surface area contributed by atoms with Crippen LogP contribution < -0.4 is 14.8 Å². The van der Waals surface area contributed by atoms with Gasteiger partial charge in [-0.25, -0.2) is 13.2 Å². The van der Waals surface area contributed by atoms with Crippen molar-refractivity contribution in [3.63, 3.8) is 0 Å². The van der Waals surface area contributed by atoms with Crippen molar-refractivity contribution in [3.05, 3.63) is 54.1 Å². The number of methoxy groups -OCH3 is 2. The number of aryl methyl sites for hydroxylation is 1. The molecule has 0 bridgehead atoms. The summed E-state index contributed by atoms with van der Waals surface area (Å²) < 4.78 is 37.9. The first-order chi connectivity index (χ1) is 15.3. The number of ether oxygens (including phenoxy) is 2. The monoisotopic (exact) mass is 461 g/mol. The van der Waals surface area contributed by atoms with Crippen LogP contribution in [0.2, 0.25) is 0 Å². The molecule has 174 valence electrons. The van der Waals surface area contributed by atoms with Crippen molar-refractivity contribution < 1.29 is 22.7 Å². The summed E-state index contributed by atoms with van der Waals surface area (Å²) in [6.07, 6.45) is 1.73. The molecule has 32 heavy (non-hydrogen) atoms. The summed E-state index contributed by atoms with van der Waals surface area (Å²) in [6.45, 7) is 3.14. The first-order valence-corrected chi connectivity index (χ1v) is 12.1. The average molecular weight is 462 g/mol. The highest BCUT2D eigenvalue weighted by Gasteiger charge is 2.31. The van der Waals surface area contributed by atoms with Gasteiger partial charge in [-0.05, 0) is 37.5 Å². The minimum atomic E-state index is -3.69. The molecule has 2 aromatic rings. The van der Waals surface area contributed by atoms with Gasteiger partial charge in [0.2, 0.25) is 10.0 Å². The number of carbonyl (C=O) groups excluding carboxylic acids is 1. The molecule has 2 aromatic carbocycles. The SMILES string of the molecule is COc1ccc(S(=O)(=O)N2CCN(C(=O)NC(C)CCc3ccccc3)CC2)cc1OC. The third-order valence-corrected chi connectivity index (χ3v) is 7.49. The van der Waals surface area contributed by atoms with Crippen molar-refractivity contribution >= 4 is 16.1 Å². The highest BCUT2D eigenvalue weighted by molar-refractivity contribution is 7.89. The number of piperazine rings is 1. The lowest BCUT2D eigenvalue weighted by Gasteiger charge is -2.34. The molecule has 1 saturated heterocycles. The maximum atomic E-state index is 13.0. The largest absolute Gasteiger partial charge is 0.493 e. The zero-order valence-corrected chi connectivity index (χ0v) is 19.6. The van der Waals surface area contributed by atoms with Crippen LogP contribution >= 0.6 is 0 Å². The fraction of sp³-hybridized carbons (Fsp3) is 0.435. The molecule has 1 fully saturated rings. The Hall–Kier alpha value is -2.78. The van der Waals surface area contributed by atoms with Gasteiger partial charge in [-0.1, -0.05) is 30.3 Å². The molecule has 1 atom stereocenters. The van der Waals surface area contributed by atoms with Gasteiger partial charge in [0, 0.05) is 38.3 Å². The third kappa shape index (κ3) is 5.72. The van der Waals surface area contributed by atoms with Gasteiger partial charge in [0.25, 0.3) is 0 Å². The van der Waals surface area contributed by atoms with E-state index in [2.05, 4.69) is 17.4 Å². The van der Waals surface area contributed by atoms with Crippen LogP contribution in [0.4, 0.5) is 4.79 Å². The van der Waals surface area contributed by atoms with Crippen LogP contribution in [-0.2, 0) is 16.4 Å². The highest BCUT2D eigenvalue weighted by atomic mass is 32.2. The van der Waals surface area contributed by atoms with Crippen LogP contribution in [-0.4, -0.2) is 70.1 Å². The van der Waals surface area contributed by atoms with E-state index in [0.717, 1.165) is 12.8 Å². The van der Waals surface area contributed by atoms with Gasteiger partial charge in [0.1, 0.15) is 0 Å². The zero-order chi connectivity index (χ0) is 23.1. The molecule has 1 heterocycles. The van der Waals surface area contributed by atoms with Gasteiger partial charge >= 0.3 is 6.03 Å². The van der Waals surface area contributed by atoms with E-state index in [4.69, 9.17) is 9.47 Å². The van der Waals surface area contributed by atoms with Crippen molar-refractivity contribution in [2.75, 3.05) is 40.4 Å². The number of benzene rings is 2. The summed E-state index contributed by atoms with van der Waals surface area (Å²) in [5, 5.41) is 3.02. The van der Waals surface area contributed by atoms with E-state index in [0.29, 0.717) is 24.6 Å². The van der Waals surface area contributed by atoms with Crippen molar-refractivity contribution in [1.29, 1.82) is 0 Å². The average Bonchev–Trinajstić information content (AvgIpc) is 2.83. The van der Waals surface area contributed by atoms with E-state index >= 15 is 0 Å². The van der Waals surface area contributed by atoms with Crippen LogP contribution in [0, 0.1) is 0 Å². The minimum absolute atomic E-state index is 0.0243. The Kier molecular flexibility index (Phi) is 7.98. The van der Waals surface area contributed by atoms with Crippen LogP contribution in [0.15, 0.2) is 53.4 Å². The normalized spacial score (nSPS) is 15.8. The molecular weight excluding hydrogens is 430 g/mol. The number of carbonyl (C=O) groups is 1. The number of rotatable bonds is 8. The summed E-state index contributed by atoms with van der Waals surface area (Å²) >= 11 is 0. The summed E-state index contributed by atoms with van der Waals surface area (Å²) in [7, 11) is -0.728. The lowest BCUT2D eigenvalue weighted by atomic mass is 10.1. The number of amides is 2. The predicted octanol–water partition coefficient (Wildman–Crippen LogP) is 2.74. The van der Waals surface area contributed by atoms with Crippen LogP contribution in [0.5, 0.6) is 11.5 Å². The molecule has 0 saturated carbocycles. The lowest BCUT2D eigenvalue weighted by molar-refractivity contribution is 0.169. The third-order valence-electron chi connectivity index (χ3n) is 5.60. The smallest absolute Gasteiger partial charge is 0.317 e. The second kappa shape index (κ2) is 10.7. The van der Waals surface area contributed by atoms with Gasteiger partial charge in [-0.2, -0.15) is 4.31 Å². The van der Waals surface area contributed by atoms with E-state index < -0.39 is 10.0 Å². The molecule has 1 unspecified atom stereocenters. The standard InChI is InChI=1S/C23H31N3O5S/c1-18(9-10-19-7-5-4-6-8-19)24-23(27)25-13-15-26(16-14-25)32(28,29)20-11-12-21(30-2)22(17-20)31-3/h4-8,11-12,17-18H,9-10,13-16H2,1-3H3,(H,24,27). The predicted molar refractivity (Wildman–Crippen MR) is 123 cm³/mol. The molecule has 0 aromatic heterocycles. The molecule has 2 amide bonds. The Bertz CT molecular complexity index is 1010. The molecule has 9 heteroatoms. The Balaban J connectivity index is 1.53. The first-order valence-electron chi connectivity index (χ1n) is 10.7. The fourth-order valence-corrected chi connectivity index (χ4v) is 5.10. The molecule has 1 aliphatic rings. The van der Waals surface area contributed by atoms with E-state index in [9.17, 15) is 13.2 Å². The van der Waals surface area contributed by atoms with Crippen molar-refractivity contribution in [3.8, 4) is 11.5 Å². The van der Waals surface area contributed by atoms with Crippen LogP contribution in [0.1, 0.15) is 18.9 Å². The number of hydrogen-bond donors (Lipinski definition) is 1. The Labute approximate surface area is 190 Å². The van der Waals surface area contributed by atoms with Crippen molar-refractivity contribution in [1.82, 2.24) is 14.5 Å². The number of hydrogen-bond acceptors (Lipinski definition) is 5. The maximum absolute atomic E-state index is 13.0. The molecule has 0 spiro atoms. The summed E-state index contributed by atoms with van der Waals surface area (Å²) in [4.78, 5) is 14.4. The van der Waals surface area contributed by atoms with Crippen LogP contribution in [0.3, 0.4) is 0 Å². The summed E-state index contributed by atoms with van der Waals surface area (Å²) in [6, 6.07) is 14.6. The first kappa shape index (κ1) is 23.9. The number of sulfonamides is 1. The van der Waals surface area contributed by atoms with Gasteiger partial charge < -0.3 is 19.7 Å². The highest BCUT2D eigenvalue weighted by Crippen LogP contribution is 2.30. The second-order valence-electron chi connectivity index (χ2n) is 7.78. The van der Waals surface area contributed by atoms with Crippen LogP contribution in [0.25, 0.3) is 0 Å². The molecule has 0 aliphatic carbocycles. The second-order valence-corrected chi connectivity index (χ2v) is 9.72. The topological polar surface area (TPSA) is 88.2 Å². The Morgan fingerprint density at radius 3 is 2.28 bits per heavy atom. The zero-order valence-electron chi connectivity index (χ0n) is 18.8. The lowest BCUT2D eigenvalue weighted by Crippen LogP contribution is -2.54. The molecule has 1 N–H and O–H groups in total. The van der Waals surface area contributed by atoms with E-state index in [1.165, 1.54) is 36.2 Å². The van der Waals surface area contributed by atoms with Gasteiger partial charge in [-0.15, -0.1) is 0 Å². The van der Waals surface area contributed by atoms with E-state index in [1.807, 2.05) is 25.1 Å². The van der Waals surface area contributed by atoms with Gasteiger partial charge in [-0.3, -0.25) is 0 Å². The molecular formula is C23H31N3O5S. The van der Waals surface area contributed by atoms with Gasteiger partial charge in [0.15, 0.2) is 11.5 Å². The number of nitrogens with one attached hydrogen (secondary N) is 1. The molecule has 3 rings (SSSR count). The maximum Gasteiger partial charge on any atom is 0.317 e. The molecule has 0 radical (unpaired) electrons. The van der Waals surface area contributed by atoms with E-state index in [-0.39, 0.29) is 30.1 Å². The quantitative estimate of drug-likeness (QED) is 0.653. The number of nitrogens with zero attached hydrogens (tertiary/aromatic N) is 2. The molecule has 8 nitrogen and oxygen atoms in total. The summed E-state index contributed by atoms with van der Waals surface area (Å²) in [5.41, 5.74) is 1.24.